The van der Waals surface area contributed by atoms with Gasteiger partial charge >= 0.3 is 0 Å². The molecule has 2 saturated heterocycles. The first-order valence-corrected chi connectivity index (χ1v) is 8.50. The summed E-state index contributed by atoms with van der Waals surface area (Å²) in [6.07, 6.45) is 6.64. The predicted octanol–water partition coefficient (Wildman–Crippen LogP) is 0.979. The van der Waals surface area contributed by atoms with E-state index in [9.17, 15) is 4.79 Å². The van der Waals surface area contributed by atoms with Crippen molar-refractivity contribution in [1.82, 2.24) is 15.5 Å². The van der Waals surface area contributed by atoms with Gasteiger partial charge in [-0.2, -0.15) is 0 Å². The van der Waals surface area contributed by atoms with Crippen molar-refractivity contribution in [3.05, 3.63) is 0 Å². The van der Waals surface area contributed by atoms with E-state index in [-0.39, 0.29) is 5.91 Å². The summed E-state index contributed by atoms with van der Waals surface area (Å²) in [5.41, 5.74) is 0. The largest absolute Gasteiger partial charge is 0.376 e. The minimum atomic E-state index is 0.149. The van der Waals surface area contributed by atoms with Crippen molar-refractivity contribution >= 4 is 11.9 Å². The average molecular weight is 310 g/mol. The standard InChI is InChI=1S/C16H30N4O2/c1-17-15(21)11-13-6-8-20(9-7-13)16(18-2)19-12-14-5-3-4-10-22-14/h13-14H,3-12H2,1-2H3,(H,17,21)(H,18,19). The van der Waals surface area contributed by atoms with Gasteiger partial charge in [0.2, 0.25) is 5.91 Å². The molecule has 2 rings (SSSR count). The molecule has 6 nitrogen and oxygen atoms in total. The summed E-state index contributed by atoms with van der Waals surface area (Å²) in [5.74, 6) is 1.61. The number of ether oxygens (including phenoxy) is 1. The van der Waals surface area contributed by atoms with Crippen LogP contribution in [0.25, 0.3) is 0 Å². The van der Waals surface area contributed by atoms with E-state index in [4.69, 9.17) is 4.74 Å². The third-order valence-corrected chi connectivity index (χ3v) is 4.64. The van der Waals surface area contributed by atoms with Crippen LogP contribution >= 0.6 is 0 Å². The highest BCUT2D eigenvalue weighted by atomic mass is 16.5. The molecule has 1 amide bonds. The molecule has 0 spiro atoms. The summed E-state index contributed by atoms with van der Waals surface area (Å²) < 4.78 is 5.75. The molecule has 126 valence electrons. The molecule has 0 aromatic rings. The Morgan fingerprint density at radius 1 is 1.27 bits per heavy atom. The van der Waals surface area contributed by atoms with Gasteiger partial charge in [0.15, 0.2) is 5.96 Å². The molecule has 22 heavy (non-hydrogen) atoms. The molecule has 2 fully saturated rings. The third kappa shape index (κ3) is 5.16. The van der Waals surface area contributed by atoms with Crippen LogP contribution in [0.3, 0.4) is 0 Å². The minimum absolute atomic E-state index is 0.149. The zero-order valence-electron chi connectivity index (χ0n) is 13.9. The molecular weight excluding hydrogens is 280 g/mol. The Bertz CT molecular complexity index is 372. The average Bonchev–Trinajstić information content (AvgIpc) is 2.57. The second-order valence-corrected chi connectivity index (χ2v) is 6.22. The number of nitrogens with one attached hydrogen (secondary N) is 2. The van der Waals surface area contributed by atoms with Gasteiger partial charge in [-0.1, -0.05) is 0 Å². The molecule has 2 N–H and O–H groups in total. The second kappa shape index (κ2) is 8.98. The van der Waals surface area contributed by atoms with Crippen LogP contribution in [-0.4, -0.2) is 63.2 Å². The highest BCUT2D eigenvalue weighted by Gasteiger charge is 2.23. The fraction of sp³-hybridized carbons (Fsp3) is 0.875. The molecular formula is C16H30N4O2. The van der Waals surface area contributed by atoms with Crippen LogP contribution in [0.5, 0.6) is 0 Å². The zero-order chi connectivity index (χ0) is 15.8. The number of carbonyl (C=O) groups is 1. The van der Waals surface area contributed by atoms with Crippen LogP contribution in [0, 0.1) is 5.92 Å². The first-order valence-electron chi connectivity index (χ1n) is 8.50. The first-order chi connectivity index (χ1) is 10.7. The van der Waals surface area contributed by atoms with E-state index < -0.39 is 0 Å². The summed E-state index contributed by atoms with van der Waals surface area (Å²) >= 11 is 0. The van der Waals surface area contributed by atoms with Crippen LogP contribution in [0.1, 0.15) is 38.5 Å². The van der Waals surface area contributed by atoms with Crippen molar-refractivity contribution in [2.75, 3.05) is 40.3 Å². The Balaban J connectivity index is 1.72. The maximum Gasteiger partial charge on any atom is 0.220 e. The number of guanidine groups is 1. The summed E-state index contributed by atoms with van der Waals surface area (Å²) in [6, 6.07) is 0. The lowest BCUT2D eigenvalue weighted by molar-refractivity contribution is -0.121. The molecule has 2 aliphatic rings. The van der Waals surface area contributed by atoms with Gasteiger partial charge in [-0.3, -0.25) is 9.79 Å². The maximum absolute atomic E-state index is 11.5. The zero-order valence-corrected chi connectivity index (χ0v) is 13.9. The lowest BCUT2D eigenvalue weighted by Gasteiger charge is -2.34. The molecule has 2 heterocycles. The lowest BCUT2D eigenvalue weighted by Crippen LogP contribution is -2.48. The SMILES string of the molecule is CN=C(NCC1CCCCO1)N1CCC(CC(=O)NC)CC1. The number of piperidine rings is 1. The summed E-state index contributed by atoms with van der Waals surface area (Å²) in [7, 11) is 3.54. The van der Waals surface area contributed by atoms with E-state index >= 15 is 0 Å². The van der Waals surface area contributed by atoms with Crippen molar-refractivity contribution in [2.24, 2.45) is 10.9 Å². The molecule has 6 heteroatoms. The van der Waals surface area contributed by atoms with Crippen LogP contribution in [0.4, 0.5) is 0 Å². The number of nitrogens with zero attached hydrogens (tertiary/aromatic N) is 2. The highest BCUT2D eigenvalue weighted by Crippen LogP contribution is 2.20. The Kier molecular flexibility index (Phi) is 6.96. The van der Waals surface area contributed by atoms with Gasteiger partial charge in [0.05, 0.1) is 6.10 Å². The van der Waals surface area contributed by atoms with Gasteiger partial charge in [0.1, 0.15) is 0 Å². The number of hydrogen-bond donors (Lipinski definition) is 2. The lowest BCUT2D eigenvalue weighted by atomic mass is 9.93. The minimum Gasteiger partial charge on any atom is -0.376 e. The van der Waals surface area contributed by atoms with Crippen LogP contribution < -0.4 is 10.6 Å². The van der Waals surface area contributed by atoms with Crippen LogP contribution in [0.15, 0.2) is 4.99 Å². The number of hydrogen-bond acceptors (Lipinski definition) is 3. The van der Waals surface area contributed by atoms with Crippen molar-refractivity contribution in [3.63, 3.8) is 0 Å². The van der Waals surface area contributed by atoms with Gasteiger partial charge < -0.3 is 20.3 Å². The molecule has 1 atom stereocenters. The molecule has 2 aliphatic heterocycles. The molecule has 0 aromatic heterocycles. The quantitative estimate of drug-likeness (QED) is 0.600. The van der Waals surface area contributed by atoms with Crippen LogP contribution in [-0.2, 0) is 9.53 Å². The molecule has 0 saturated carbocycles. The van der Waals surface area contributed by atoms with Gasteiger partial charge in [0.25, 0.3) is 0 Å². The van der Waals surface area contributed by atoms with Gasteiger partial charge in [0, 0.05) is 46.8 Å². The summed E-state index contributed by atoms with van der Waals surface area (Å²) in [4.78, 5) is 18.1. The fourth-order valence-corrected chi connectivity index (χ4v) is 3.22. The Hall–Kier alpha value is -1.30. The van der Waals surface area contributed by atoms with Crippen molar-refractivity contribution < 1.29 is 9.53 Å². The molecule has 1 unspecified atom stereocenters. The van der Waals surface area contributed by atoms with E-state index in [0.717, 1.165) is 51.5 Å². The number of amides is 1. The third-order valence-electron chi connectivity index (χ3n) is 4.64. The van der Waals surface area contributed by atoms with E-state index in [0.29, 0.717) is 18.4 Å². The fourth-order valence-electron chi connectivity index (χ4n) is 3.22. The van der Waals surface area contributed by atoms with Crippen molar-refractivity contribution in [3.8, 4) is 0 Å². The predicted molar refractivity (Wildman–Crippen MR) is 87.9 cm³/mol. The highest BCUT2D eigenvalue weighted by molar-refractivity contribution is 5.80. The van der Waals surface area contributed by atoms with E-state index in [1.807, 2.05) is 7.05 Å². The number of carbonyl (C=O) groups excluding carboxylic acids is 1. The smallest absolute Gasteiger partial charge is 0.220 e. The van der Waals surface area contributed by atoms with Crippen LogP contribution in [0.2, 0.25) is 0 Å². The second-order valence-electron chi connectivity index (χ2n) is 6.22. The summed E-state index contributed by atoms with van der Waals surface area (Å²) in [6.45, 7) is 3.65. The van der Waals surface area contributed by atoms with Gasteiger partial charge in [-0.05, 0) is 38.0 Å². The van der Waals surface area contributed by atoms with Gasteiger partial charge in [-0.15, -0.1) is 0 Å². The number of likely N-dealkylation sites (tertiary alicyclic amines) is 1. The van der Waals surface area contributed by atoms with E-state index in [2.05, 4.69) is 20.5 Å². The number of aliphatic imine (C=N–C) groups is 1. The van der Waals surface area contributed by atoms with Crippen molar-refractivity contribution in [2.45, 2.75) is 44.6 Å². The molecule has 0 aromatic carbocycles. The summed E-state index contributed by atoms with van der Waals surface area (Å²) in [5, 5.41) is 6.16. The molecule has 0 radical (unpaired) electrons. The maximum atomic E-state index is 11.5. The monoisotopic (exact) mass is 310 g/mol. The van der Waals surface area contributed by atoms with Crippen molar-refractivity contribution in [1.29, 1.82) is 0 Å². The Morgan fingerprint density at radius 2 is 2.05 bits per heavy atom. The topological polar surface area (TPSA) is 66.0 Å². The normalized spacial score (nSPS) is 24.2. The molecule has 0 bridgehead atoms. The molecule has 0 aliphatic carbocycles. The Morgan fingerprint density at radius 3 is 2.64 bits per heavy atom. The van der Waals surface area contributed by atoms with E-state index in [1.165, 1.54) is 12.8 Å². The van der Waals surface area contributed by atoms with Gasteiger partial charge in [-0.25, -0.2) is 0 Å². The number of rotatable bonds is 4. The van der Waals surface area contributed by atoms with E-state index in [1.54, 1.807) is 7.05 Å². The first kappa shape index (κ1) is 17.1. The Labute approximate surface area is 133 Å².